The molecule has 0 aliphatic rings. The fourth-order valence-electron chi connectivity index (χ4n) is 2.48. The van der Waals surface area contributed by atoms with Gasteiger partial charge in [-0.3, -0.25) is 9.97 Å². The van der Waals surface area contributed by atoms with Crippen molar-refractivity contribution in [1.82, 2.24) is 9.97 Å². The average Bonchev–Trinajstić information content (AvgIpc) is 2.54. The molecule has 106 valence electrons. The Kier molecular flexibility index (Phi) is 3.69. The van der Waals surface area contributed by atoms with E-state index in [2.05, 4.69) is 34.0 Å². The molecule has 21 heavy (non-hydrogen) atoms. The molecule has 4 heteroatoms. The van der Waals surface area contributed by atoms with Crippen LogP contribution in [0, 0.1) is 0 Å². The number of rotatable bonds is 4. The maximum atomic E-state index is 6.31. The number of pyridine rings is 2. The maximum absolute atomic E-state index is 6.31. The Morgan fingerprint density at radius 2 is 1.76 bits per heavy atom. The van der Waals surface area contributed by atoms with Crippen molar-refractivity contribution in [2.24, 2.45) is 0 Å². The largest absolute Gasteiger partial charge is 0.397 e. The first-order valence-corrected chi connectivity index (χ1v) is 6.98. The molecule has 0 amide bonds. The van der Waals surface area contributed by atoms with Crippen molar-refractivity contribution in [3.63, 3.8) is 0 Å². The lowest BCUT2D eigenvalue weighted by molar-refractivity contribution is 0.876. The second-order valence-corrected chi connectivity index (χ2v) is 5.12. The fourth-order valence-corrected chi connectivity index (χ4v) is 2.48. The van der Waals surface area contributed by atoms with E-state index >= 15 is 0 Å². The molecule has 2 aromatic heterocycles. The lowest BCUT2D eigenvalue weighted by Crippen LogP contribution is -2.21. The van der Waals surface area contributed by atoms with Gasteiger partial charge in [0.1, 0.15) is 0 Å². The van der Waals surface area contributed by atoms with Crippen LogP contribution in [0.2, 0.25) is 0 Å². The first-order valence-electron chi connectivity index (χ1n) is 6.98. The van der Waals surface area contributed by atoms with Crippen molar-refractivity contribution in [1.29, 1.82) is 0 Å². The molecule has 0 fully saturated rings. The number of fused-ring (bicyclic) bond motifs is 1. The highest BCUT2D eigenvalue weighted by Crippen LogP contribution is 2.30. The summed E-state index contributed by atoms with van der Waals surface area (Å²) in [4.78, 5) is 10.4. The van der Waals surface area contributed by atoms with Gasteiger partial charge >= 0.3 is 0 Å². The Morgan fingerprint density at radius 3 is 2.57 bits per heavy atom. The van der Waals surface area contributed by atoms with Crippen molar-refractivity contribution in [2.75, 3.05) is 24.2 Å². The van der Waals surface area contributed by atoms with Crippen LogP contribution in [-0.4, -0.2) is 23.6 Å². The van der Waals surface area contributed by atoms with Gasteiger partial charge in [-0.2, -0.15) is 0 Å². The lowest BCUT2D eigenvalue weighted by Gasteiger charge is -2.22. The van der Waals surface area contributed by atoms with Crippen LogP contribution < -0.4 is 10.6 Å². The summed E-state index contributed by atoms with van der Waals surface area (Å²) < 4.78 is 0. The molecule has 0 aliphatic heterocycles. The summed E-state index contributed by atoms with van der Waals surface area (Å²) in [6.45, 7) is 0.908. The van der Waals surface area contributed by atoms with Gasteiger partial charge in [-0.15, -0.1) is 0 Å². The Labute approximate surface area is 124 Å². The Bertz CT molecular complexity index is 740. The SMILES string of the molecule is CN(CCc1ccncc1)c1ccc2cnccc2c1N. The molecule has 4 nitrogen and oxygen atoms in total. The van der Waals surface area contributed by atoms with Gasteiger partial charge in [0.05, 0.1) is 11.4 Å². The zero-order valence-electron chi connectivity index (χ0n) is 12.0. The van der Waals surface area contributed by atoms with Gasteiger partial charge in [0.2, 0.25) is 0 Å². The number of nitrogens with two attached hydrogens (primary N) is 1. The summed E-state index contributed by atoms with van der Waals surface area (Å²) in [7, 11) is 2.07. The fraction of sp³-hybridized carbons (Fsp3) is 0.176. The zero-order chi connectivity index (χ0) is 14.7. The molecular formula is C17H18N4. The Balaban J connectivity index is 1.81. The molecule has 0 bridgehead atoms. The summed E-state index contributed by atoms with van der Waals surface area (Å²) in [6.07, 6.45) is 8.23. The quantitative estimate of drug-likeness (QED) is 0.746. The van der Waals surface area contributed by atoms with E-state index in [4.69, 9.17) is 5.73 Å². The predicted octanol–water partition coefficient (Wildman–Crippen LogP) is 2.89. The number of nitrogens with zero attached hydrogens (tertiary/aromatic N) is 3. The zero-order valence-corrected chi connectivity index (χ0v) is 12.0. The number of hydrogen-bond donors (Lipinski definition) is 1. The summed E-state index contributed by atoms with van der Waals surface area (Å²) in [5, 5.41) is 2.12. The van der Waals surface area contributed by atoms with Crippen LogP contribution in [0.5, 0.6) is 0 Å². The maximum Gasteiger partial charge on any atom is 0.0632 e. The second-order valence-electron chi connectivity index (χ2n) is 5.12. The molecule has 3 rings (SSSR count). The summed E-state index contributed by atoms with van der Waals surface area (Å²) >= 11 is 0. The van der Waals surface area contributed by atoms with Crippen molar-refractivity contribution >= 4 is 22.1 Å². The third-order valence-corrected chi connectivity index (χ3v) is 3.74. The second kappa shape index (κ2) is 5.79. The van der Waals surface area contributed by atoms with Gasteiger partial charge < -0.3 is 10.6 Å². The molecule has 0 spiro atoms. The smallest absolute Gasteiger partial charge is 0.0632 e. The van der Waals surface area contributed by atoms with Crippen LogP contribution in [0.25, 0.3) is 10.8 Å². The summed E-state index contributed by atoms with van der Waals surface area (Å²) in [5.41, 5.74) is 9.46. The van der Waals surface area contributed by atoms with Crippen molar-refractivity contribution in [3.05, 3.63) is 60.7 Å². The molecule has 2 N–H and O–H groups in total. The third kappa shape index (κ3) is 2.79. The van der Waals surface area contributed by atoms with E-state index < -0.39 is 0 Å². The van der Waals surface area contributed by atoms with E-state index in [9.17, 15) is 0 Å². The molecule has 0 radical (unpaired) electrons. The van der Waals surface area contributed by atoms with E-state index in [1.807, 2.05) is 36.8 Å². The molecule has 2 heterocycles. The van der Waals surface area contributed by atoms with Gasteiger partial charge in [-0.25, -0.2) is 0 Å². The van der Waals surface area contributed by atoms with Gasteiger partial charge in [-0.1, -0.05) is 6.07 Å². The van der Waals surface area contributed by atoms with E-state index in [1.165, 1.54) is 5.56 Å². The standard InChI is InChI=1S/C17H18N4/c1-21(11-7-13-4-8-19-9-5-13)16-3-2-14-12-20-10-6-15(14)17(16)18/h2-6,8-10,12H,7,11,18H2,1H3. The first kappa shape index (κ1) is 13.4. The highest BCUT2D eigenvalue weighted by Gasteiger charge is 2.08. The molecule has 1 aromatic carbocycles. The average molecular weight is 278 g/mol. The minimum atomic E-state index is 0.812. The van der Waals surface area contributed by atoms with Crippen molar-refractivity contribution in [3.8, 4) is 0 Å². The van der Waals surface area contributed by atoms with Crippen LogP contribution in [0.1, 0.15) is 5.56 Å². The van der Waals surface area contributed by atoms with E-state index in [1.54, 1.807) is 6.20 Å². The normalized spacial score (nSPS) is 10.7. The van der Waals surface area contributed by atoms with Crippen molar-refractivity contribution in [2.45, 2.75) is 6.42 Å². The summed E-state index contributed by atoms with van der Waals surface area (Å²) in [5.74, 6) is 0. The summed E-state index contributed by atoms with van der Waals surface area (Å²) in [6, 6.07) is 10.2. The molecule has 3 aromatic rings. The van der Waals surface area contributed by atoms with Crippen LogP contribution in [-0.2, 0) is 6.42 Å². The monoisotopic (exact) mass is 278 g/mol. The number of anilines is 2. The van der Waals surface area contributed by atoms with E-state index in [-0.39, 0.29) is 0 Å². The van der Waals surface area contributed by atoms with Gasteiger partial charge in [-0.05, 0) is 36.2 Å². The molecular weight excluding hydrogens is 260 g/mol. The van der Waals surface area contributed by atoms with Crippen LogP contribution >= 0.6 is 0 Å². The predicted molar refractivity (Wildman–Crippen MR) is 87.4 cm³/mol. The highest BCUT2D eigenvalue weighted by atomic mass is 15.1. The number of hydrogen-bond acceptors (Lipinski definition) is 4. The molecule has 0 unspecified atom stereocenters. The molecule has 0 atom stereocenters. The minimum Gasteiger partial charge on any atom is -0.397 e. The van der Waals surface area contributed by atoms with Crippen molar-refractivity contribution < 1.29 is 0 Å². The topological polar surface area (TPSA) is 55.0 Å². The van der Waals surface area contributed by atoms with Gasteiger partial charge in [0.15, 0.2) is 0 Å². The third-order valence-electron chi connectivity index (χ3n) is 3.74. The Hall–Kier alpha value is -2.62. The Morgan fingerprint density at radius 1 is 1.00 bits per heavy atom. The van der Waals surface area contributed by atoms with Crippen LogP contribution in [0.15, 0.2) is 55.1 Å². The molecule has 0 aliphatic carbocycles. The molecule has 0 saturated carbocycles. The number of benzene rings is 1. The van der Waals surface area contributed by atoms with Gasteiger partial charge in [0, 0.05) is 49.2 Å². The van der Waals surface area contributed by atoms with E-state index in [0.717, 1.165) is 35.1 Å². The van der Waals surface area contributed by atoms with Crippen LogP contribution in [0.3, 0.4) is 0 Å². The first-order chi connectivity index (χ1) is 10.3. The molecule has 0 saturated heterocycles. The highest BCUT2D eigenvalue weighted by molar-refractivity contribution is 5.98. The van der Waals surface area contributed by atoms with E-state index in [0.29, 0.717) is 0 Å². The van der Waals surface area contributed by atoms with Gasteiger partial charge in [0.25, 0.3) is 0 Å². The lowest BCUT2D eigenvalue weighted by atomic mass is 10.1. The van der Waals surface area contributed by atoms with Crippen LogP contribution in [0.4, 0.5) is 11.4 Å². The number of likely N-dealkylation sites (N-methyl/N-ethyl adjacent to an activating group) is 1. The minimum absolute atomic E-state index is 0.812. The number of aromatic nitrogens is 2. The number of nitrogen functional groups attached to an aromatic ring is 1.